The molecule has 2 rings (SSSR count). The van der Waals surface area contributed by atoms with Crippen LogP contribution in [0, 0.1) is 0 Å². The van der Waals surface area contributed by atoms with Gasteiger partial charge < -0.3 is 4.74 Å². The Bertz CT molecular complexity index is 339. The quantitative estimate of drug-likeness (QED) is 0.754. The summed E-state index contributed by atoms with van der Waals surface area (Å²) < 4.78 is 5.97. The summed E-state index contributed by atoms with van der Waals surface area (Å²) >= 11 is 5.89. The number of hydrogen-bond acceptors (Lipinski definition) is 2. The minimum atomic E-state index is 0.353. The molecule has 1 aliphatic rings. The van der Waals surface area contributed by atoms with E-state index in [4.69, 9.17) is 16.3 Å². The summed E-state index contributed by atoms with van der Waals surface area (Å²) in [5, 5.41) is 0. The number of aryl methyl sites for hydroxylation is 1. The van der Waals surface area contributed by atoms with Crippen LogP contribution < -0.4 is 4.74 Å². The molecule has 1 aliphatic carbocycles. The van der Waals surface area contributed by atoms with Crippen molar-refractivity contribution < 1.29 is 4.74 Å². The van der Waals surface area contributed by atoms with E-state index in [2.05, 4.69) is 18.0 Å². The molecule has 1 fully saturated rings. The lowest BCUT2D eigenvalue weighted by atomic mass is 9.98. The molecule has 3 heteroatoms. The van der Waals surface area contributed by atoms with Crippen LogP contribution in [0.2, 0.25) is 0 Å². The molecule has 1 aromatic rings. The molecule has 0 amide bonds. The van der Waals surface area contributed by atoms with Crippen LogP contribution in [-0.4, -0.2) is 11.1 Å². The summed E-state index contributed by atoms with van der Waals surface area (Å²) in [7, 11) is 0. The number of rotatable bonds is 4. The standard InChI is InChI=1S/C14H20ClNO/c1-2-12-8-11(10-15)9-14(16-12)17-13-6-4-3-5-7-13/h8-9,13H,2-7,10H2,1H3. The fourth-order valence-corrected chi connectivity index (χ4v) is 2.45. The van der Waals surface area contributed by atoms with Crippen molar-refractivity contribution in [2.75, 3.05) is 0 Å². The molecule has 0 atom stereocenters. The van der Waals surface area contributed by atoms with Gasteiger partial charge >= 0.3 is 0 Å². The summed E-state index contributed by atoms with van der Waals surface area (Å²) in [4.78, 5) is 4.51. The Kier molecular flexibility index (Phi) is 4.66. The molecule has 0 aromatic carbocycles. The molecule has 0 bridgehead atoms. The molecular weight excluding hydrogens is 234 g/mol. The van der Waals surface area contributed by atoms with Gasteiger partial charge in [0.05, 0.1) is 0 Å². The molecule has 0 unspecified atom stereocenters. The maximum absolute atomic E-state index is 5.97. The Labute approximate surface area is 108 Å². The molecule has 1 heterocycles. The second-order valence-corrected chi connectivity index (χ2v) is 4.94. The lowest BCUT2D eigenvalue weighted by molar-refractivity contribution is 0.148. The van der Waals surface area contributed by atoms with Crippen molar-refractivity contribution >= 4 is 11.6 Å². The Balaban J connectivity index is 2.07. The molecular formula is C14H20ClNO. The maximum atomic E-state index is 5.97. The monoisotopic (exact) mass is 253 g/mol. The van der Waals surface area contributed by atoms with Gasteiger partial charge in [0.2, 0.25) is 5.88 Å². The van der Waals surface area contributed by atoms with E-state index < -0.39 is 0 Å². The predicted octanol–water partition coefficient (Wildman–Crippen LogP) is 4.09. The van der Waals surface area contributed by atoms with Crippen LogP contribution in [0.15, 0.2) is 12.1 Å². The van der Waals surface area contributed by atoms with Crippen molar-refractivity contribution in [2.24, 2.45) is 0 Å². The third-order valence-corrected chi connectivity index (χ3v) is 3.58. The molecule has 0 radical (unpaired) electrons. The van der Waals surface area contributed by atoms with Crippen LogP contribution in [-0.2, 0) is 12.3 Å². The minimum absolute atomic E-state index is 0.353. The van der Waals surface area contributed by atoms with Crippen molar-refractivity contribution in [3.63, 3.8) is 0 Å². The molecule has 0 spiro atoms. The van der Waals surface area contributed by atoms with E-state index in [9.17, 15) is 0 Å². The summed E-state index contributed by atoms with van der Waals surface area (Å²) in [5.41, 5.74) is 2.17. The van der Waals surface area contributed by atoms with Gasteiger partial charge in [0.25, 0.3) is 0 Å². The Morgan fingerprint density at radius 1 is 1.29 bits per heavy atom. The Morgan fingerprint density at radius 3 is 2.71 bits per heavy atom. The summed E-state index contributed by atoms with van der Waals surface area (Å²) in [5.74, 6) is 1.28. The molecule has 94 valence electrons. The molecule has 2 nitrogen and oxygen atoms in total. The topological polar surface area (TPSA) is 22.1 Å². The normalized spacial score (nSPS) is 17.1. The second kappa shape index (κ2) is 6.25. The minimum Gasteiger partial charge on any atom is -0.474 e. The number of nitrogens with zero attached hydrogens (tertiary/aromatic N) is 1. The fraction of sp³-hybridized carbons (Fsp3) is 0.643. The van der Waals surface area contributed by atoms with Gasteiger partial charge in [-0.25, -0.2) is 4.98 Å². The van der Waals surface area contributed by atoms with Crippen molar-refractivity contribution in [3.05, 3.63) is 23.4 Å². The van der Waals surface area contributed by atoms with E-state index in [1.807, 2.05) is 6.07 Å². The number of aromatic nitrogens is 1. The second-order valence-electron chi connectivity index (χ2n) is 4.67. The van der Waals surface area contributed by atoms with Crippen LogP contribution >= 0.6 is 11.6 Å². The first-order chi connectivity index (χ1) is 8.31. The zero-order valence-electron chi connectivity index (χ0n) is 10.4. The predicted molar refractivity (Wildman–Crippen MR) is 70.7 cm³/mol. The third kappa shape index (κ3) is 3.60. The van der Waals surface area contributed by atoms with E-state index in [1.54, 1.807) is 0 Å². The number of ether oxygens (including phenoxy) is 1. The van der Waals surface area contributed by atoms with Crippen LogP contribution in [0.3, 0.4) is 0 Å². The van der Waals surface area contributed by atoms with Crippen LogP contribution in [0.5, 0.6) is 5.88 Å². The average molecular weight is 254 g/mol. The molecule has 1 saturated carbocycles. The molecule has 0 saturated heterocycles. The van der Waals surface area contributed by atoms with Crippen molar-refractivity contribution in [1.82, 2.24) is 4.98 Å². The van der Waals surface area contributed by atoms with Gasteiger partial charge in [-0.2, -0.15) is 0 Å². The number of halogens is 1. The molecule has 0 aliphatic heterocycles. The molecule has 17 heavy (non-hydrogen) atoms. The van der Waals surface area contributed by atoms with Gasteiger partial charge in [0, 0.05) is 17.6 Å². The van der Waals surface area contributed by atoms with E-state index in [1.165, 1.54) is 19.3 Å². The average Bonchev–Trinajstić information content (AvgIpc) is 2.39. The smallest absolute Gasteiger partial charge is 0.214 e. The largest absolute Gasteiger partial charge is 0.474 e. The first kappa shape index (κ1) is 12.7. The van der Waals surface area contributed by atoms with E-state index >= 15 is 0 Å². The van der Waals surface area contributed by atoms with Crippen molar-refractivity contribution in [1.29, 1.82) is 0 Å². The first-order valence-corrected chi connectivity index (χ1v) is 7.07. The van der Waals surface area contributed by atoms with Gasteiger partial charge in [0.15, 0.2) is 0 Å². The number of alkyl halides is 1. The fourth-order valence-electron chi connectivity index (χ4n) is 2.29. The highest BCUT2D eigenvalue weighted by molar-refractivity contribution is 6.17. The van der Waals surface area contributed by atoms with Gasteiger partial charge in [-0.15, -0.1) is 11.6 Å². The highest BCUT2D eigenvalue weighted by Crippen LogP contribution is 2.23. The van der Waals surface area contributed by atoms with Crippen molar-refractivity contribution in [2.45, 2.75) is 57.4 Å². The van der Waals surface area contributed by atoms with E-state index in [0.29, 0.717) is 12.0 Å². The summed E-state index contributed by atoms with van der Waals surface area (Å²) in [6.07, 6.45) is 7.50. The van der Waals surface area contributed by atoms with E-state index in [-0.39, 0.29) is 0 Å². The van der Waals surface area contributed by atoms with Gasteiger partial charge in [0.1, 0.15) is 6.10 Å². The molecule has 1 aromatic heterocycles. The number of pyridine rings is 1. The third-order valence-electron chi connectivity index (χ3n) is 3.27. The van der Waals surface area contributed by atoms with Crippen LogP contribution in [0.1, 0.15) is 50.3 Å². The van der Waals surface area contributed by atoms with Crippen molar-refractivity contribution in [3.8, 4) is 5.88 Å². The first-order valence-electron chi connectivity index (χ1n) is 6.54. The maximum Gasteiger partial charge on any atom is 0.214 e. The highest BCUT2D eigenvalue weighted by atomic mass is 35.5. The Hall–Kier alpha value is -0.760. The highest BCUT2D eigenvalue weighted by Gasteiger charge is 2.15. The molecule has 0 N–H and O–H groups in total. The lowest BCUT2D eigenvalue weighted by Crippen LogP contribution is -2.20. The SMILES string of the molecule is CCc1cc(CCl)cc(OC2CCCCC2)n1. The number of hydrogen-bond donors (Lipinski definition) is 0. The lowest BCUT2D eigenvalue weighted by Gasteiger charge is -2.22. The van der Waals surface area contributed by atoms with Gasteiger partial charge in [-0.1, -0.05) is 13.3 Å². The summed E-state index contributed by atoms with van der Waals surface area (Å²) in [6.45, 7) is 2.10. The van der Waals surface area contributed by atoms with Crippen LogP contribution in [0.25, 0.3) is 0 Å². The summed E-state index contributed by atoms with van der Waals surface area (Å²) in [6, 6.07) is 4.03. The van der Waals surface area contributed by atoms with Crippen LogP contribution in [0.4, 0.5) is 0 Å². The Morgan fingerprint density at radius 2 is 2.06 bits per heavy atom. The zero-order chi connectivity index (χ0) is 12.1. The van der Waals surface area contributed by atoms with Gasteiger partial charge in [-0.05, 0) is 43.7 Å². The van der Waals surface area contributed by atoms with E-state index in [0.717, 1.165) is 36.4 Å². The zero-order valence-corrected chi connectivity index (χ0v) is 11.2. The van der Waals surface area contributed by atoms with Gasteiger partial charge in [-0.3, -0.25) is 0 Å².